The molecule has 2 atom stereocenters. The van der Waals surface area contributed by atoms with Gasteiger partial charge < -0.3 is 9.42 Å². The third kappa shape index (κ3) is 1.89. The van der Waals surface area contributed by atoms with Crippen molar-refractivity contribution in [2.45, 2.75) is 45.2 Å². The first-order valence-corrected chi connectivity index (χ1v) is 5.43. The third-order valence-electron chi connectivity index (χ3n) is 3.08. The fourth-order valence-electron chi connectivity index (χ4n) is 2.28. The molecule has 82 valence electrons. The van der Waals surface area contributed by atoms with Crippen molar-refractivity contribution in [1.29, 1.82) is 0 Å². The predicted molar refractivity (Wildman–Crippen MR) is 55.4 cm³/mol. The van der Waals surface area contributed by atoms with Crippen LogP contribution in [0.5, 0.6) is 0 Å². The molecule has 0 saturated carbocycles. The standard InChI is InChI=1S/C11H16N2O2/c1-8-4-3-5-9(2)13(8)11(14)10-6-7-15-12-10/h6-9H,3-5H2,1-2H3. The van der Waals surface area contributed by atoms with Gasteiger partial charge in [-0.3, -0.25) is 4.79 Å². The average molecular weight is 208 g/mol. The van der Waals surface area contributed by atoms with Gasteiger partial charge in [-0.1, -0.05) is 5.16 Å². The molecule has 1 aliphatic heterocycles. The summed E-state index contributed by atoms with van der Waals surface area (Å²) in [6.07, 6.45) is 4.79. The van der Waals surface area contributed by atoms with Crippen LogP contribution in [0.1, 0.15) is 43.6 Å². The minimum absolute atomic E-state index is 0.0107. The normalized spacial score (nSPS) is 26.7. The van der Waals surface area contributed by atoms with Crippen molar-refractivity contribution >= 4 is 5.91 Å². The summed E-state index contributed by atoms with van der Waals surface area (Å²) < 4.78 is 4.70. The molecule has 1 fully saturated rings. The van der Waals surface area contributed by atoms with Crippen molar-refractivity contribution in [1.82, 2.24) is 10.1 Å². The lowest BCUT2D eigenvalue weighted by Gasteiger charge is -2.38. The number of carbonyl (C=O) groups excluding carboxylic acids is 1. The largest absolute Gasteiger partial charge is 0.364 e. The molecular weight excluding hydrogens is 192 g/mol. The highest BCUT2D eigenvalue weighted by molar-refractivity contribution is 5.92. The van der Waals surface area contributed by atoms with Crippen molar-refractivity contribution < 1.29 is 9.32 Å². The smallest absolute Gasteiger partial charge is 0.276 e. The zero-order valence-electron chi connectivity index (χ0n) is 9.14. The lowest BCUT2D eigenvalue weighted by Crippen LogP contribution is -2.47. The molecule has 0 spiro atoms. The SMILES string of the molecule is CC1CCCC(C)N1C(=O)c1ccon1. The summed E-state index contributed by atoms with van der Waals surface area (Å²) in [7, 11) is 0. The first-order chi connectivity index (χ1) is 7.20. The van der Waals surface area contributed by atoms with Crippen molar-refractivity contribution in [3.8, 4) is 0 Å². The summed E-state index contributed by atoms with van der Waals surface area (Å²) in [5, 5.41) is 3.69. The summed E-state index contributed by atoms with van der Waals surface area (Å²) in [5.74, 6) is -0.0107. The fraction of sp³-hybridized carbons (Fsp3) is 0.636. The van der Waals surface area contributed by atoms with Gasteiger partial charge in [-0.05, 0) is 33.1 Å². The van der Waals surface area contributed by atoms with Crippen LogP contribution >= 0.6 is 0 Å². The molecule has 0 radical (unpaired) electrons. The van der Waals surface area contributed by atoms with Crippen LogP contribution in [-0.4, -0.2) is 28.0 Å². The molecule has 0 aliphatic carbocycles. The predicted octanol–water partition coefficient (Wildman–Crippen LogP) is 2.08. The van der Waals surface area contributed by atoms with Gasteiger partial charge >= 0.3 is 0 Å². The Morgan fingerprint density at radius 1 is 1.47 bits per heavy atom. The molecule has 2 heterocycles. The average Bonchev–Trinajstić information content (AvgIpc) is 2.69. The van der Waals surface area contributed by atoms with Gasteiger partial charge in [0.1, 0.15) is 6.26 Å². The highest BCUT2D eigenvalue weighted by atomic mass is 16.5. The van der Waals surface area contributed by atoms with Crippen LogP contribution in [-0.2, 0) is 0 Å². The Kier molecular flexibility index (Phi) is 2.75. The Hall–Kier alpha value is -1.32. The number of hydrogen-bond donors (Lipinski definition) is 0. The second-order valence-electron chi connectivity index (χ2n) is 4.23. The number of amides is 1. The molecule has 0 aromatic carbocycles. The van der Waals surface area contributed by atoms with Crippen molar-refractivity contribution in [2.75, 3.05) is 0 Å². The van der Waals surface area contributed by atoms with Crippen LogP contribution < -0.4 is 0 Å². The van der Waals surface area contributed by atoms with Gasteiger partial charge in [0, 0.05) is 18.2 Å². The van der Waals surface area contributed by atoms with Gasteiger partial charge in [0.05, 0.1) is 0 Å². The number of rotatable bonds is 1. The van der Waals surface area contributed by atoms with Crippen LogP contribution in [0, 0.1) is 0 Å². The van der Waals surface area contributed by atoms with Crippen LogP contribution in [0.2, 0.25) is 0 Å². The second kappa shape index (κ2) is 4.04. The van der Waals surface area contributed by atoms with Gasteiger partial charge in [-0.2, -0.15) is 0 Å². The van der Waals surface area contributed by atoms with Crippen LogP contribution in [0.4, 0.5) is 0 Å². The molecule has 1 aliphatic rings. The molecule has 4 nitrogen and oxygen atoms in total. The molecule has 1 aromatic heterocycles. The summed E-state index contributed by atoms with van der Waals surface area (Å²) in [6.45, 7) is 4.18. The van der Waals surface area contributed by atoms with E-state index in [9.17, 15) is 4.79 Å². The van der Waals surface area contributed by atoms with Crippen LogP contribution in [0.15, 0.2) is 16.9 Å². The number of piperidine rings is 1. The van der Waals surface area contributed by atoms with E-state index < -0.39 is 0 Å². The maximum atomic E-state index is 12.1. The summed E-state index contributed by atoms with van der Waals surface area (Å²) in [6, 6.07) is 2.23. The zero-order chi connectivity index (χ0) is 10.8. The quantitative estimate of drug-likeness (QED) is 0.709. The lowest BCUT2D eigenvalue weighted by molar-refractivity contribution is 0.0500. The molecule has 0 bridgehead atoms. The number of carbonyl (C=O) groups is 1. The van der Waals surface area contributed by atoms with E-state index >= 15 is 0 Å². The highest BCUT2D eigenvalue weighted by Crippen LogP contribution is 2.24. The van der Waals surface area contributed by atoms with Gasteiger partial charge in [-0.15, -0.1) is 0 Å². The number of nitrogens with zero attached hydrogens (tertiary/aromatic N) is 2. The first-order valence-electron chi connectivity index (χ1n) is 5.43. The molecule has 1 saturated heterocycles. The van der Waals surface area contributed by atoms with Gasteiger partial charge in [0.15, 0.2) is 5.69 Å². The van der Waals surface area contributed by atoms with Crippen molar-refractivity contribution in [2.24, 2.45) is 0 Å². The summed E-state index contributed by atoms with van der Waals surface area (Å²) in [4.78, 5) is 14.0. The molecule has 4 heteroatoms. The van der Waals surface area contributed by atoms with Crippen molar-refractivity contribution in [3.63, 3.8) is 0 Å². The van der Waals surface area contributed by atoms with E-state index in [0.29, 0.717) is 17.8 Å². The Morgan fingerprint density at radius 2 is 2.13 bits per heavy atom. The maximum absolute atomic E-state index is 12.1. The van der Waals surface area contributed by atoms with E-state index in [-0.39, 0.29) is 5.91 Å². The molecule has 2 unspecified atom stereocenters. The maximum Gasteiger partial charge on any atom is 0.276 e. The highest BCUT2D eigenvalue weighted by Gasteiger charge is 2.30. The molecular formula is C11H16N2O2. The van der Waals surface area contributed by atoms with E-state index in [1.165, 1.54) is 12.7 Å². The Labute approximate surface area is 89.2 Å². The van der Waals surface area contributed by atoms with Crippen LogP contribution in [0.3, 0.4) is 0 Å². The zero-order valence-corrected chi connectivity index (χ0v) is 9.14. The third-order valence-corrected chi connectivity index (χ3v) is 3.08. The topological polar surface area (TPSA) is 46.3 Å². The summed E-state index contributed by atoms with van der Waals surface area (Å²) >= 11 is 0. The molecule has 2 rings (SSSR count). The number of aromatic nitrogens is 1. The van der Waals surface area contributed by atoms with Gasteiger partial charge in [0.2, 0.25) is 0 Å². The van der Waals surface area contributed by atoms with E-state index in [4.69, 9.17) is 4.52 Å². The van der Waals surface area contributed by atoms with E-state index in [2.05, 4.69) is 19.0 Å². The Morgan fingerprint density at radius 3 is 2.67 bits per heavy atom. The second-order valence-corrected chi connectivity index (χ2v) is 4.23. The van der Waals surface area contributed by atoms with E-state index in [1.54, 1.807) is 6.07 Å². The van der Waals surface area contributed by atoms with Crippen molar-refractivity contribution in [3.05, 3.63) is 18.0 Å². The number of likely N-dealkylation sites (tertiary alicyclic amines) is 1. The molecule has 1 aromatic rings. The van der Waals surface area contributed by atoms with Gasteiger partial charge in [0.25, 0.3) is 5.91 Å². The Bertz CT molecular complexity index is 324. The van der Waals surface area contributed by atoms with Crippen LogP contribution in [0.25, 0.3) is 0 Å². The monoisotopic (exact) mass is 208 g/mol. The minimum Gasteiger partial charge on any atom is -0.364 e. The fourth-order valence-corrected chi connectivity index (χ4v) is 2.28. The molecule has 0 N–H and O–H groups in total. The first kappa shape index (κ1) is 10.2. The van der Waals surface area contributed by atoms with E-state index in [0.717, 1.165) is 12.8 Å². The minimum atomic E-state index is -0.0107. The molecule has 1 amide bonds. The van der Waals surface area contributed by atoms with E-state index in [1.807, 2.05) is 4.90 Å². The summed E-state index contributed by atoms with van der Waals surface area (Å²) in [5.41, 5.74) is 0.413. The van der Waals surface area contributed by atoms with Gasteiger partial charge in [-0.25, -0.2) is 0 Å². The molecule has 15 heavy (non-hydrogen) atoms. The number of hydrogen-bond acceptors (Lipinski definition) is 3. The Balaban J connectivity index is 2.17. The lowest BCUT2D eigenvalue weighted by atomic mass is 9.97.